The summed E-state index contributed by atoms with van der Waals surface area (Å²) >= 11 is 0. The van der Waals surface area contributed by atoms with E-state index in [-0.39, 0.29) is 16.2 Å². The van der Waals surface area contributed by atoms with Gasteiger partial charge in [0.05, 0.1) is 25.2 Å². The number of hydrogen-bond acceptors (Lipinski definition) is 2. The van der Waals surface area contributed by atoms with E-state index in [0.29, 0.717) is 0 Å². The first-order chi connectivity index (χ1) is 36.2. The van der Waals surface area contributed by atoms with Crippen LogP contribution in [-0.4, -0.2) is 31.7 Å². The number of para-hydroxylation sites is 1. The molecule has 0 saturated heterocycles. The molecule has 0 aliphatic carbocycles. The summed E-state index contributed by atoms with van der Waals surface area (Å²) in [5, 5.41) is 9.06. The average molecular weight is 1030 g/mol. The molecule has 0 spiro atoms. The second-order valence-corrected chi connectivity index (χ2v) is 33.7. The minimum Gasteiger partial charge on any atom is -0.457 e. The zero-order valence-corrected chi connectivity index (χ0v) is 48.3. The van der Waals surface area contributed by atoms with Gasteiger partial charge >= 0.3 is 6.01 Å². The van der Waals surface area contributed by atoms with Crippen molar-refractivity contribution < 1.29 is 4.74 Å². The van der Waals surface area contributed by atoms with E-state index in [0.717, 1.165) is 50.8 Å². The molecule has 1 aliphatic rings. The second-order valence-electron chi connectivity index (χ2n) is 24.8. The molecule has 10 aromatic rings. The Morgan fingerprint density at radius 2 is 1.03 bits per heavy atom. The zero-order valence-electron chi connectivity index (χ0n) is 46.3. The first-order valence-corrected chi connectivity index (χ1v) is 32.4. The SMILES string of the molecule is CC(C)(C)c1cc([N+]2=C=[N+](c3cccc(Oc4ccc5c6cc([Si](c7ccccc7)(c7ccccc7)c7ccccc7)ccc6n(-c6cc(C(C)(C)C)ccn6)c5c4)c3)c3cccc([Si](C)(C)C)c32)cc(C(C)(C)C)c1. The number of ether oxygens (including phenoxy) is 1. The number of hydrogen-bond donors (Lipinski definition) is 0. The molecule has 0 unspecified atom stereocenters. The van der Waals surface area contributed by atoms with Gasteiger partial charge in [0.25, 0.3) is 11.4 Å². The van der Waals surface area contributed by atoms with Crippen LogP contribution in [0.4, 0.5) is 22.7 Å². The number of pyridine rings is 1. The van der Waals surface area contributed by atoms with E-state index in [1.165, 1.54) is 53.7 Å². The third-order valence-electron chi connectivity index (χ3n) is 15.3. The minimum atomic E-state index is -2.83. The Hall–Kier alpha value is -7.68. The maximum atomic E-state index is 7.00. The maximum Gasteiger partial charge on any atom is 0.503 e. The Balaban J connectivity index is 1.08. The molecule has 0 fully saturated rings. The lowest BCUT2D eigenvalue weighted by molar-refractivity contribution is 0.483. The highest BCUT2D eigenvalue weighted by Gasteiger charge is 2.44. The number of rotatable bonds is 10. The summed E-state index contributed by atoms with van der Waals surface area (Å²) in [6, 6.07) is 77.9. The lowest BCUT2D eigenvalue weighted by Crippen LogP contribution is -2.74. The van der Waals surface area contributed by atoms with Crippen molar-refractivity contribution in [2.45, 2.75) is 98.2 Å². The fraction of sp³-hybridized carbons (Fsp3) is 0.217. The van der Waals surface area contributed by atoms with Crippen LogP contribution in [-0.2, 0) is 16.2 Å². The van der Waals surface area contributed by atoms with Crippen molar-refractivity contribution in [3.05, 3.63) is 223 Å². The Morgan fingerprint density at radius 3 is 1.61 bits per heavy atom. The van der Waals surface area contributed by atoms with Gasteiger partial charge in [0.2, 0.25) is 11.4 Å². The van der Waals surface area contributed by atoms with Crippen LogP contribution in [0.5, 0.6) is 11.5 Å². The standard InChI is InChI=1S/C69H70N4OSi2/c1-67(2,3)48-38-39-70-65(43-48)73-61-37-35-58(76(55-26-16-13-17-27-55,56-28-18-14-19-29-56)57-30-20-15-21-31-57)46-60(61)59-36-34-54(45-63(59)73)74-53-25-22-24-51(44-53)71-47-72(66-62(71)32-23-33-64(66)75(10,11)12)52-41-49(68(4,5)6)40-50(42-52)69(7,8)9/h13-46H,1-12H3/q+2. The quantitative estimate of drug-likeness (QED) is 0.0777. The topological polar surface area (TPSA) is 33.1 Å². The molecule has 11 rings (SSSR count). The van der Waals surface area contributed by atoms with Crippen LogP contribution in [0.1, 0.15) is 79.0 Å². The maximum absolute atomic E-state index is 7.00. The molecule has 378 valence electrons. The molecule has 76 heavy (non-hydrogen) atoms. The van der Waals surface area contributed by atoms with Gasteiger partial charge in [0, 0.05) is 52.5 Å². The Bertz CT molecular complexity index is 3790. The molecular formula is C69H70N4OSi2+2. The monoisotopic (exact) mass is 1030 g/mol. The predicted octanol–water partition coefficient (Wildman–Crippen LogP) is 14.6. The van der Waals surface area contributed by atoms with Crippen LogP contribution in [0.25, 0.3) is 27.6 Å². The summed E-state index contributed by atoms with van der Waals surface area (Å²) in [6.45, 7) is 27.9. The molecule has 0 saturated carbocycles. The molecule has 5 nitrogen and oxygen atoms in total. The molecule has 0 radical (unpaired) electrons. The van der Waals surface area contributed by atoms with E-state index in [4.69, 9.17) is 9.72 Å². The van der Waals surface area contributed by atoms with E-state index >= 15 is 0 Å². The molecule has 1 aliphatic heterocycles. The van der Waals surface area contributed by atoms with Gasteiger partial charge in [-0.1, -0.05) is 209 Å². The summed E-state index contributed by atoms with van der Waals surface area (Å²) in [7, 11) is -4.66. The summed E-state index contributed by atoms with van der Waals surface area (Å²) in [5.74, 6) is 2.36. The van der Waals surface area contributed by atoms with E-state index < -0.39 is 16.1 Å². The number of fused-ring (bicyclic) bond motifs is 4. The van der Waals surface area contributed by atoms with Crippen LogP contribution in [0.15, 0.2) is 206 Å². The lowest BCUT2D eigenvalue weighted by atomic mass is 9.80. The average Bonchev–Trinajstić information content (AvgIpc) is 3.99. The van der Waals surface area contributed by atoms with Gasteiger partial charge in [-0.2, -0.15) is 0 Å². The number of benzene rings is 8. The van der Waals surface area contributed by atoms with Crippen molar-refractivity contribution >= 4 is 92.6 Å². The largest absolute Gasteiger partial charge is 0.503 e. The molecular weight excluding hydrogens is 957 g/mol. The summed E-state index contributed by atoms with van der Waals surface area (Å²) in [5.41, 5.74) is 10.3. The van der Waals surface area contributed by atoms with Crippen molar-refractivity contribution in [3.8, 4) is 17.3 Å². The lowest BCUT2D eigenvalue weighted by Gasteiger charge is -2.34. The summed E-state index contributed by atoms with van der Waals surface area (Å²) in [4.78, 5) is 5.10. The van der Waals surface area contributed by atoms with E-state index in [9.17, 15) is 0 Å². The fourth-order valence-electron chi connectivity index (χ4n) is 11.2. The van der Waals surface area contributed by atoms with Gasteiger partial charge < -0.3 is 4.74 Å². The molecule has 0 N–H and O–H groups in total. The minimum absolute atomic E-state index is 0.0317. The highest BCUT2D eigenvalue weighted by Crippen LogP contribution is 2.41. The van der Waals surface area contributed by atoms with E-state index in [1.807, 2.05) is 6.20 Å². The van der Waals surface area contributed by atoms with Crippen molar-refractivity contribution in [3.63, 3.8) is 0 Å². The predicted molar refractivity (Wildman–Crippen MR) is 329 cm³/mol. The Labute approximate surface area is 452 Å². The molecule has 0 bridgehead atoms. The Kier molecular flexibility index (Phi) is 12.5. The summed E-state index contributed by atoms with van der Waals surface area (Å²) < 4.78 is 13.9. The van der Waals surface area contributed by atoms with Crippen LogP contribution in [0, 0.1) is 0 Å². The molecule has 8 aromatic carbocycles. The van der Waals surface area contributed by atoms with Gasteiger partial charge in [-0.05, 0) is 99.2 Å². The first-order valence-electron chi connectivity index (χ1n) is 26.9. The van der Waals surface area contributed by atoms with Crippen LogP contribution in [0.3, 0.4) is 0 Å². The van der Waals surface area contributed by atoms with E-state index in [1.54, 1.807) is 0 Å². The van der Waals surface area contributed by atoms with Crippen LogP contribution >= 0.6 is 0 Å². The third-order valence-corrected chi connectivity index (χ3v) is 22.1. The van der Waals surface area contributed by atoms with Gasteiger partial charge in [0.1, 0.15) is 17.3 Å². The Morgan fingerprint density at radius 1 is 0.447 bits per heavy atom. The molecule has 0 amide bonds. The number of nitrogens with zero attached hydrogens (tertiary/aromatic N) is 4. The van der Waals surface area contributed by atoms with Gasteiger partial charge in [-0.15, -0.1) is 0 Å². The van der Waals surface area contributed by atoms with Gasteiger partial charge in [-0.25, -0.2) is 4.98 Å². The first kappa shape index (κ1) is 50.5. The van der Waals surface area contributed by atoms with Gasteiger partial charge in [0.15, 0.2) is 8.07 Å². The summed E-state index contributed by atoms with van der Waals surface area (Å²) in [6.07, 6.45) is 1.95. The second kappa shape index (κ2) is 18.9. The highest BCUT2D eigenvalue weighted by molar-refractivity contribution is 7.20. The van der Waals surface area contributed by atoms with Crippen LogP contribution < -0.4 is 39.8 Å². The highest BCUT2D eigenvalue weighted by atomic mass is 28.3. The third kappa shape index (κ3) is 9.10. The normalized spacial score (nSPS) is 13.2. The van der Waals surface area contributed by atoms with Crippen molar-refractivity contribution in [2.75, 3.05) is 0 Å². The molecule has 3 heterocycles. The van der Waals surface area contributed by atoms with Crippen molar-refractivity contribution in [2.24, 2.45) is 0 Å². The fourth-order valence-corrected chi connectivity index (χ4v) is 17.5. The van der Waals surface area contributed by atoms with Gasteiger partial charge in [-0.3, -0.25) is 4.57 Å². The van der Waals surface area contributed by atoms with Crippen molar-refractivity contribution in [1.82, 2.24) is 18.7 Å². The van der Waals surface area contributed by atoms with Crippen molar-refractivity contribution in [1.29, 1.82) is 0 Å². The molecule has 2 aromatic heterocycles. The van der Waals surface area contributed by atoms with Crippen LogP contribution in [0.2, 0.25) is 19.6 Å². The molecule has 0 atom stereocenters. The molecule has 7 heteroatoms. The van der Waals surface area contributed by atoms with E-state index in [2.05, 4.69) is 302 Å². The smallest absolute Gasteiger partial charge is 0.457 e. The number of aromatic nitrogens is 2. The zero-order chi connectivity index (χ0) is 53.4.